The van der Waals surface area contributed by atoms with Crippen LogP contribution in [0, 0.1) is 17.2 Å². The smallest absolute Gasteiger partial charge is 0.326 e. The number of para-hydroxylation sites is 1. The van der Waals surface area contributed by atoms with Crippen LogP contribution in [0.5, 0.6) is 0 Å². The van der Waals surface area contributed by atoms with E-state index in [0.29, 0.717) is 16.5 Å². The van der Waals surface area contributed by atoms with Gasteiger partial charge in [0.15, 0.2) is 0 Å². The molecule has 1 aromatic carbocycles. The van der Waals surface area contributed by atoms with Gasteiger partial charge in [-0.3, -0.25) is 9.78 Å². The maximum Gasteiger partial charge on any atom is 0.326 e. The van der Waals surface area contributed by atoms with Crippen LogP contribution in [0.15, 0.2) is 36.5 Å². The number of benzene rings is 1. The number of aliphatic carboxylic acids is 1. The summed E-state index contributed by atoms with van der Waals surface area (Å²) in [5.74, 6) is -2.11. The second-order valence-electron chi connectivity index (χ2n) is 5.01. The molecule has 0 aliphatic rings. The molecule has 0 radical (unpaired) electrons. The van der Waals surface area contributed by atoms with Crippen molar-refractivity contribution in [1.82, 2.24) is 10.3 Å². The van der Waals surface area contributed by atoms with E-state index in [1.54, 1.807) is 31.2 Å². The van der Waals surface area contributed by atoms with Gasteiger partial charge in [-0.2, -0.15) is 5.26 Å². The molecule has 0 aliphatic heterocycles. The lowest BCUT2D eigenvalue weighted by molar-refractivity contribution is -0.139. The van der Waals surface area contributed by atoms with Crippen LogP contribution in [0.4, 0.5) is 0 Å². The molecule has 0 saturated heterocycles. The van der Waals surface area contributed by atoms with E-state index in [4.69, 9.17) is 5.26 Å². The Morgan fingerprint density at radius 1 is 1.36 bits per heavy atom. The number of nitrogens with one attached hydrogen (secondary N) is 1. The van der Waals surface area contributed by atoms with Crippen LogP contribution in [0.2, 0.25) is 0 Å². The summed E-state index contributed by atoms with van der Waals surface area (Å²) >= 11 is 0. The normalized spacial score (nSPS) is 13.1. The van der Waals surface area contributed by atoms with Crippen molar-refractivity contribution in [3.05, 3.63) is 42.1 Å². The second-order valence-corrected chi connectivity index (χ2v) is 5.01. The lowest BCUT2D eigenvalue weighted by Crippen LogP contribution is -2.41. The Morgan fingerprint density at radius 2 is 2.09 bits per heavy atom. The molecule has 2 atom stereocenters. The Balaban J connectivity index is 2.26. The highest BCUT2D eigenvalue weighted by Gasteiger charge is 2.23. The Hall–Kier alpha value is -2.94. The first-order chi connectivity index (χ1) is 10.5. The topological polar surface area (TPSA) is 103 Å². The van der Waals surface area contributed by atoms with E-state index in [1.807, 2.05) is 12.1 Å². The standard InChI is InChI=1S/C16H15N3O3/c1-10(9-17)8-14(16(21)22)19-15(20)12-6-7-18-13-5-3-2-4-11(12)13/h2-7,10,14H,8H2,1H3,(H,19,20)(H,21,22)/t10-,14-/m0/s1. The third kappa shape index (κ3) is 3.38. The fourth-order valence-electron chi connectivity index (χ4n) is 2.16. The summed E-state index contributed by atoms with van der Waals surface area (Å²) in [7, 11) is 0. The number of hydrogen-bond donors (Lipinski definition) is 2. The van der Waals surface area contributed by atoms with E-state index in [0.717, 1.165) is 0 Å². The quantitative estimate of drug-likeness (QED) is 0.878. The molecule has 0 aliphatic carbocycles. The maximum absolute atomic E-state index is 12.4. The number of rotatable bonds is 5. The number of nitriles is 1. The average molecular weight is 297 g/mol. The van der Waals surface area contributed by atoms with Crippen LogP contribution in [0.1, 0.15) is 23.7 Å². The Morgan fingerprint density at radius 3 is 2.77 bits per heavy atom. The number of carboxylic acids is 1. The number of pyridine rings is 1. The van der Waals surface area contributed by atoms with Crippen molar-refractivity contribution < 1.29 is 14.7 Å². The predicted octanol–water partition coefficient (Wildman–Crippen LogP) is 1.97. The molecule has 2 N–H and O–H groups in total. The minimum Gasteiger partial charge on any atom is -0.480 e. The van der Waals surface area contributed by atoms with Crippen LogP contribution in [-0.4, -0.2) is 28.0 Å². The fraction of sp³-hybridized carbons (Fsp3) is 0.250. The van der Waals surface area contributed by atoms with Crippen LogP contribution in [0.25, 0.3) is 10.9 Å². The summed E-state index contributed by atoms with van der Waals surface area (Å²) in [6, 6.07) is 9.54. The molecule has 0 unspecified atom stereocenters. The number of nitrogens with zero attached hydrogens (tertiary/aromatic N) is 2. The summed E-state index contributed by atoms with van der Waals surface area (Å²) in [5.41, 5.74) is 1.02. The molecule has 0 saturated carbocycles. The molecular formula is C16H15N3O3. The number of carbonyl (C=O) groups excluding carboxylic acids is 1. The van der Waals surface area contributed by atoms with E-state index in [-0.39, 0.29) is 6.42 Å². The average Bonchev–Trinajstić information content (AvgIpc) is 2.53. The molecule has 2 rings (SSSR count). The summed E-state index contributed by atoms with van der Waals surface area (Å²) < 4.78 is 0. The minimum absolute atomic E-state index is 0.0561. The van der Waals surface area contributed by atoms with Crippen molar-refractivity contribution in [2.45, 2.75) is 19.4 Å². The van der Waals surface area contributed by atoms with Gasteiger partial charge in [0.1, 0.15) is 6.04 Å². The van der Waals surface area contributed by atoms with Crippen LogP contribution < -0.4 is 5.32 Å². The molecule has 112 valence electrons. The van der Waals surface area contributed by atoms with Crippen LogP contribution in [0.3, 0.4) is 0 Å². The monoisotopic (exact) mass is 297 g/mol. The third-order valence-electron chi connectivity index (χ3n) is 3.31. The first-order valence-corrected chi connectivity index (χ1v) is 6.80. The van der Waals surface area contributed by atoms with Gasteiger partial charge in [0.05, 0.1) is 17.1 Å². The van der Waals surface area contributed by atoms with E-state index >= 15 is 0 Å². The molecule has 0 fully saturated rings. The Bertz CT molecular complexity index is 746. The maximum atomic E-state index is 12.4. The number of hydrogen-bond acceptors (Lipinski definition) is 4. The van der Waals surface area contributed by atoms with Gasteiger partial charge >= 0.3 is 5.97 Å². The van der Waals surface area contributed by atoms with Crippen molar-refractivity contribution in [3.63, 3.8) is 0 Å². The molecule has 6 nitrogen and oxygen atoms in total. The van der Waals surface area contributed by atoms with Crippen molar-refractivity contribution in [2.24, 2.45) is 5.92 Å². The van der Waals surface area contributed by atoms with Gasteiger partial charge in [-0.1, -0.05) is 18.2 Å². The van der Waals surface area contributed by atoms with Gasteiger partial charge in [0, 0.05) is 17.5 Å². The minimum atomic E-state index is -1.16. The molecule has 1 aromatic heterocycles. The van der Waals surface area contributed by atoms with Gasteiger partial charge < -0.3 is 10.4 Å². The van der Waals surface area contributed by atoms with Gasteiger partial charge in [0.25, 0.3) is 5.91 Å². The van der Waals surface area contributed by atoms with Gasteiger partial charge in [-0.15, -0.1) is 0 Å². The molecule has 0 bridgehead atoms. The molecule has 22 heavy (non-hydrogen) atoms. The highest BCUT2D eigenvalue weighted by atomic mass is 16.4. The van der Waals surface area contributed by atoms with Crippen LogP contribution in [-0.2, 0) is 4.79 Å². The van der Waals surface area contributed by atoms with Gasteiger partial charge in [-0.25, -0.2) is 4.79 Å². The number of aromatic nitrogens is 1. The lowest BCUT2D eigenvalue weighted by atomic mass is 10.0. The zero-order valence-electron chi connectivity index (χ0n) is 12.0. The lowest BCUT2D eigenvalue weighted by Gasteiger charge is -2.16. The zero-order chi connectivity index (χ0) is 16.1. The molecule has 2 aromatic rings. The fourth-order valence-corrected chi connectivity index (χ4v) is 2.16. The highest BCUT2D eigenvalue weighted by molar-refractivity contribution is 6.06. The number of amides is 1. The SMILES string of the molecule is C[C@H](C#N)C[C@H](NC(=O)c1ccnc2ccccc12)C(=O)O. The van der Waals surface area contributed by atoms with Gasteiger partial charge in [0.2, 0.25) is 0 Å². The number of fused-ring (bicyclic) bond motifs is 1. The molecule has 1 heterocycles. The van der Waals surface area contributed by atoms with E-state index < -0.39 is 23.8 Å². The van der Waals surface area contributed by atoms with Crippen molar-refractivity contribution in [2.75, 3.05) is 0 Å². The van der Waals surface area contributed by atoms with E-state index in [9.17, 15) is 14.7 Å². The molecule has 0 spiro atoms. The Kier molecular flexibility index (Phi) is 4.69. The first-order valence-electron chi connectivity index (χ1n) is 6.80. The van der Waals surface area contributed by atoms with Crippen LogP contribution >= 0.6 is 0 Å². The van der Waals surface area contributed by atoms with Crippen molar-refractivity contribution in [1.29, 1.82) is 5.26 Å². The molecular weight excluding hydrogens is 282 g/mol. The first kappa shape index (κ1) is 15.4. The molecule has 1 amide bonds. The molecule has 6 heteroatoms. The van der Waals surface area contributed by atoms with Crippen molar-refractivity contribution in [3.8, 4) is 6.07 Å². The van der Waals surface area contributed by atoms with E-state index in [2.05, 4.69) is 10.3 Å². The number of carboxylic acid groups (broad SMARTS) is 1. The summed E-state index contributed by atoms with van der Waals surface area (Å²) in [5, 5.41) is 21.1. The number of carbonyl (C=O) groups is 2. The second kappa shape index (κ2) is 6.68. The highest BCUT2D eigenvalue weighted by Crippen LogP contribution is 2.16. The third-order valence-corrected chi connectivity index (χ3v) is 3.31. The van der Waals surface area contributed by atoms with E-state index in [1.165, 1.54) is 6.20 Å². The summed E-state index contributed by atoms with van der Waals surface area (Å²) in [6.07, 6.45) is 1.56. The summed E-state index contributed by atoms with van der Waals surface area (Å²) in [4.78, 5) is 27.8. The predicted molar refractivity (Wildman–Crippen MR) is 80.0 cm³/mol. The Labute approximate surface area is 127 Å². The van der Waals surface area contributed by atoms with Crippen molar-refractivity contribution >= 4 is 22.8 Å². The largest absolute Gasteiger partial charge is 0.480 e. The summed E-state index contributed by atoms with van der Waals surface area (Å²) in [6.45, 7) is 1.62. The zero-order valence-corrected chi connectivity index (χ0v) is 12.0. The van der Waals surface area contributed by atoms with Gasteiger partial charge in [-0.05, 0) is 25.5 Å².